The maximum atomic E-state index is 12.1. The van der Waals surface area contributed by atoms with Crippen LogP contribution in [-0.2, 0) is 10.0 Å². The number of hydrogen-bond acceptors (Lipinski definition) is 4. The molecule has 0 bridgehead atoms. The van der Waals surface area contributed by atoms with Gasteiger partial charge in [-0.2, -0.15) is 0 Å². The summed E-state index contributed by atoms with van der Waals surface area (Å²) in [6, 6.07) is 14.0. The fourth-order valence-electron chi connectivity index (χ4n) is 2.06. The van der Waals surface area contributed by atoms with Crippen molar-refractivity contribution in [1.82, 2.24) is 4.72 Å². The zero-order valence-corrected chi connectivity index (χ0v) is 14.0. The largest absolute Gasteiger partial charge is 0.457 e. The highest BCUT2D eigenvalue weighted by atomic mass is 32.2. The molecule has 0 aliphatic heterocycles. The summed E-state index contributed by atoms with van der Waals surface area (Å²) < 4.78 is 32.5. The van der Waals surface area contributed by atoms with Gasteiger partial charge in [0.25, 0.3) is 0 Å². The van der Waals surface area contributed by atoms with E-state index in [-0.39, 0.29) is 4.90 Å². The van der Waals surface area contributed by atoms with E-state index >= 15 is 0 Å². The average Bonchev–Trinajstić information content (AvgIpc) is 2.52. The molecule has 0 unspecified atom stereocenters. The summed E-state index contributed by atoms with van der Waals surface area (Å²) in [6.07, 6.45) is 1.52. The lowest BCUT2D eigenvalue weighted by molar-refractivity contribution is 0.481. The van der Waals surface area contributed by atoms with E-state index in [0.717, 1.165) is 24.2 Å². The Labute approximate surface area is 137 Å². The molecule has 2 aromatic carbocycles. The topological polar surface area (TPSA) is 81.4 Å². The van der Waals surface area contributed by atoms with Gasteiger partial charge in [-0.25, -0.2) is 13.1 Å². The predicted molar refractivity (Wildman–Crippen MR) is 91.2 cm³/mol. The van der Waals surface area contributed by atoms with Gasteiger partial charge in [0.1, 0.15) is 11.5 Å². The molecule has 0 amide bonds. The lowest BCUT2D eigenvalue weighted by Crippen LogP contribution is -2.25. The number of sulfonamides is 1. The number of rotatable bonds is 8. The van der Waals surface area contributed by atoms with E-state index in [2.05, 4.69) is 4.72 Å². The molecule has 2 aromatic rings. The zero-order valence-electron chi connectivity index (χ0n) is 13.2. The lowest BCUT2D eigenvalue weighted by atomic mass is 10.2. The second-order valence-corrected chi connectivity index (χ2v) is 7.05. The smallest absolute Gasteiger partial charge is 0.240 e. The molecule has 0 saturated carbocycles. The van der Waals surface area contributed by atoms with Gasteiger partial charge in [-0.15, -0.1) is 0 Å². The summed E-state index contributed by atoms with van der Waals surface area (Å²) >= 11 is 0. The number of benzene rings is 2. The normalized spacial score (nSPS) is 11.4. The molecule has 124 valence electrons. The number of ether oxygens (including phenoxy) is 1. The Morgan fingerprint density at radius 3 is 2.43 bits per heavy atom. The highest BCUT2D eigenvalue weighted by molar-refractivity contribution is 7.89. The summed E-state index contributed by atoms with van der Waals surface area (Å²) in [6.45, 7) is 2.94. The molecule has 0 saturated heterocycles. The SMILES string of the molecule is Cc1cccc(Oc2ccc(S(=O)(=O)NCCCCN)cc2)c1. The van der Waals surface area contributed by atoms with Crippen LogP contribution in [-0.4, -0.2) is 21.5 Å². The van der Waals surface area contributed by atoms with Crippen LogP contribution in [0.3, 0.4) is 0 Å². The van der Waals surface area contributed by atoms with E-state index in [1.807, 2.05) is 31.2 Å². The second kappa shape index (κ2) is 8.10. The van der Waals surface area contributed by atoms with Crippen molar-refractivity contribution in [2.24, 2.45) is 5.73 Å². The van der Waals surface area contributed by atoms with Crippen molar-refractivity contribution >= 4 is 10.0 Å². The molecule has 5 nitrogen and oxygen atoms in total. The quantitative estimate of drug-likeness (QED) is 0.727. The molecule has 0 heterocycles. The van der Waals surface area contributed by atoms with Crippen molar-refractivity contribution in [3.8, 4) is 11.5 Å². The van der Waals surface area contributed by atoms with E-state index in [1.54, 1.807) is 12.1 Å². The molecule has 3 N–H and O–H groups in total. The fourth-order valence-corrected chi connectivity index (χ4v) is 3.14. The summed E-state index contributed by atoms with van der Waals surface area (Å²) in [7, 11) is -3.48. The molecule has 6 heteroatoms. The number of unbranched alkanes of at least 4 members (excludes halogenated alkanes) is 1. The van der Waals surface area contributed by atoms with E-state index in [1.165, 1.54) is 12.1 Å². The van der Waals surface area contributed by atoms with Crippen LogP contribution < -0.4 is 15.2 Å². The molecular weight excluding hydrogens is 312 g/mol. The highest BCUT2D eigenvalue weighted by Gasteiger charge is 2.13. The van der Waals surface area contributed by atoms with E-state index in [4.69, 9.17) is 10.5 Å². The summed E-state index contributed by atoms with van der Waals surface area (Å²) in [5.41, 5.74) is 6.49. The molecule has 0 fully saturated rings. The minimum absolute atomic E-state index is 0.224. The van der Waals surface area contributed by atoms with Crippen LogP contribution in [0.25, 0.3) is 0 Å². The van der Waals surface area contributed by atoms with Crippen molar-refractivity contribution in [3.63, 3.8) is 0 Å². The zero-order chi connectivity index (χ0) is 16.7. The Bertz CT molecular complexity index is 728. The first kappa shape index (κ1) is 17.5. The van der Waals surface area contributed by atoms with Crippen LogP contribution in [0.4, 0.5) is 0 Å². The first-order valence-corrected chi connectivity index (χ1v) is 9.04. The lowest BCUT2D eigenvalue weighted by Gasteiger charge is -2.09. The maximum absolute atomic E-state index is 12.1. The monoisotopic (exact) mass is 334 g/mol. The highest BCUT2D eigenvalue weighted by Crippen LogP contribution is 2.23. The number of aryl methyl sites for hydroxylation is 1. The average molecular weight is 334 g/mol. The Kier molecular flexibility index (Phi) is 6.15. The van der Waals surface area contributed by atoms with Crippen molar-refractivity contribution in [3.05, 3.63) is 54.1 Å². The van der Waals surface area contributed by atoms with Gasteiger partial charge in [0.05, 0.1) is 4.90 Å². The summed E-state index contributed by atoms with van der Waals surface area (Å²) in [5, 5.41) is 0. The van der Waals surface area contributed by atoms with Crippen LogP contribution in [0.15, 0.2) is 53.4 Å². The van der Waals surface area contributed by atoms with Gasteiger partial charge in [0.15, 0.2) is 0 Å². The molecule has 0 atom stereocenters. The first-order valence-electron chi connectivity index (χ1n) is 7.55. The number of nitrogens with two attached hydrogens (primary N) is 1. The van der Waals surface area contributed by atoms with Crippen LogP contribution >= 0.6 is 0 Å². The molecule has 0 radical (unpaired) electrons. The van der Waals surface area contributed by atoms with E-state index in [9.17, 15) is 8.42 Å². The third-order valence-corrected chi connectivity index (χ3v) is 4.76. The van der Waals surface area contributed by atoms with Gasteiger partial charge < -0.3 is 10.5 Å². The number of nitrogens with one attached hydrogen (secondary N) is 1. The Morgan fingerprint density at radius 1 is 1.04 bits per heavy atom. The Hall–Kier alpha value is -1.89. The molecular formula is C17H22N2O3S. The van der Waals surface area contributed by atoms with Gasteiger partial charge in [-0.3, -0.25) is 0 Å². The van der Waals surface area contributed by atoms with Crippen LogP contribution in [0.5, 0.6) is 11.5 Å². The molecule has 2 rings (SSSR count). The summed E-state index contributed by atoms with van der Waals surface area (Å²) in [5.74, 6) is 1.32. The van der Waals surface area contributed by atoms with Crippen molar-refractivity contribution in [1.29, 1.82) is 0 Å². The molecule has 0 aromatic heterocycles. The standard InChI is InChI=1S/C17H22N2O3S/c1-14-5-4-6-16(13-14)22-15-7-9-17(10-8-15)23(20,21)19-12-3-2-11-18/h4-10,13,19H,2-3,11-12,18H2,1H3. The van der Waals surface area contributed by atoms with Crippen molar-refractivity contribution < 1.29 is 13.2 Å². The fraction of sp³-hybridized carbons (Fsp3) is 0.294. The summed E-state index contributed by atoms with van der Waals surface area (Å²) in [4.78, 5) is 0.224. The Balaban J connectivity index is 2.01. The third-order valence-electron chi connectivity index (χ3n) is 3.28. The molecule has 23 heavy (non-hydrogen) atoms. The van der Waals surface area contributed by atoms with Crippen LogP contribution in [0.2, 0.25) is 0 Å². The predicted octanol–water partition coefficient (Wildman–Crippen LogP) is 2.80. The molecule has 0 aliphatic carbocycles. The van der Waals surface area contributed by atoms with Gasteiger partial charge in [-0.05, 0) is 68.3 Å². The van der Waals surface area contributed by atoms with Crippen LogP contribution in [0.1, 0.15) is 18.4 Å². The van der Waals surface area contributed by atoms with E-state index in [0.29, 0.717) is 18.8 Å². The minimum atomic E-state index is -3.48. The van der Waals surface area contributed by atoms with Gasteiger partial charge >= 0.3 is 0 Å². The van der Waals surface area contributed by atoms with Gasteiger partial charge in [-0.1, -0.05) is 12.1 Å². The number of hydrogen-bond donors (Lipinski definition) is 2. The van der Waals surface area contributed by atoms with Gasteiger partial charge in [0.2, 0.25) is 10.0 Å². The van der Waals surface area contributed by atoms with Crippen molar-refractivity contribution in [2.45, 2.75) is 24.7 Å². The first-order chi connectivity index (χ1) is 11.0. The van der Waals surface area contributed by atoms with Gasteiger partial charge in [0, 0.05) is 6.54 Å². The third kappa shape index (κ3) is 5.35. The second-order valence-electron chi connectivity index (χ2n) is 5.28. The Morgan fingerprint density at radius 2 is 1.78 bits per heavy atom. The van der Waals surface area contributed by atoms with E-state index < -0.39 is 10.0 Å². The van der Waals surface area contributed by atoms with Crippen molar-refractivity contribution in [2.75, 3.05) is 13.1 Å². The van der Waals surface area contributed by atoms with Crippen LogP contribution in [0, 0.1) is 6.92 Å². The maximum Gasteiger partial charge on any atom is 0.240 e. The molecule has 0 spiro atoms. The minimum Gasteiger partial charge on any atom is -0.457 e. The molecule has 0 aliphatic rings.